The zero-order valence-electron chi connectivity index (χ0n) is 21.8. The Kier molecular flexibility index (Phi) is 9.03. The Morgan fingerprint density at radius 1 is 1.13 bits per heavy atom. The molecular formula is C29H31ClN4O4S. The average molecular weight is 567 g/mol. The molecule has 204 valence electrons. The number of aliphatic imine (C=N–C) groups is 1. The second-order valence-corrected chi connectivity index (χ2v) is 10.5. The van der Waals surface area contributed by atoms with E-state index in [1.165, 1.54) is 11.8 Å². The number of carbonyl (C=O) groups is 2. The summed E-state index contributed by atoms with van der Waals surface area (Å²) in [6.45, 7) is 6.52. The highest BCUT2D eigenvalue weighted by Gasteiger charge is 2.43. The molecule has 0 aliphatic carbocycles. The van der Waals surface area contributed by atoms with Crippen molar-refractivity contribution < 1.29 is 19.1 Å². The molecule has 1 atom stereocenters. The zero-order valence-corrected chi connectivity index (χ0v) is 23.3. The van der Waals surface area contributed by atoms with E-state index in [0.29, 0.717) is 28.0 Å². The molecule has 39 heavy (non-hydrogen) atoms. The number of benzene rings is 2. The number of amides is 1. The lowest BCUT2D eigenvalue weighted by molar-refractivity contribution is -0.139. The van der Waals surface area contributed by atoms with E-state index in [1.807, 2.05) is 58.8 Å². The van der Waals surface area contributed by atoms with E-state index in [1.54, 1.807) is 13.0 Å². The zero-order chi connectivity index (χ0) is 27.2. The number of esters is 1. The van der Waals surface area contributed by atoms with Crippen molar-refractivity contribution in [3.05, 3.63) is 87.4 Å². The van der Waals surface area contributed by atoms with Crippen molar-refractivity contribution in [1.29, 1.82) is 0 Å². The third-order valence-electron chi connectivity index (χ3n) is 6.75. The molecule has 8 nitrogen and oxygen atoms in total. The molecule has 3 aliphatic rings. The van der Waals surface area contributed by atoms with E-state index in [4.69, 9.17) is 26.1 Å². The van der Waals surface area contributed by atoms with E-state index in [-0.39, 0.29) is 18.9 Å². The largest absolute Gasteiger partial charge is 0.463 e. The second kappa shape index (κ2) is 12.8. The van der Waals surface area contributed by atoms with Gasteiger partial charge in [-0.15, -0.1) is 0 Å². The highest BCUT2D eigenvalue weighted by atomic mass is 35.5. The predicted octanol–water partition coefficient (Wildman–Crippen LogP) is 4.45. The Labute approximate surface area is 237 Å². The van der Waals surface area contributed by atoms with Gasteiger partial charge < -0.3 is 19.7 Å². The first-order chi connectivity index (χ1) is 19.1. The van der Waals surface area contributed by atoms with Crippen LogP contribution in [0.5, 0.6) is 0 Å². The fourth-order valence-corrected chi connectivity index (χ4v) is 6.04. The molecule has 0 radical (unpaired) electrons. The normalized spacial score (nSPS) is 19.3. The molecule has 0 unspecified atom stereocenters. The Hall–Kier alpha value is -3.11. The van der Waals surface area contributed by atoms with Gasteiger partial charge in [-0.3, -0.25) is 9.69 Å². The molecule has 3 aliphatic heterocycles. The number of fused-ring (bicyclic) bond motifs is 1. The fraction of sp³-hybridized carbons (Fsp3) is 0.345. The number of nitrogens with zero attached hydrogens (tertiary/aromatic N) is 3. The summed E-state index contributed by atoms with van der Waals surface area (Å²) in [4.78, 5) is 35.7. The molecule has 0 saturated carbocycles. The number of nitrogens with one attached hydrogen (secondary N) is 1. The van der Waals surface area contributed by atoms with E-state index in [0.717, 1.165) is 49.7 Å². The number of amidine groups is 1. The van der Waals surface area contributed by atoms with E-state index < -0.39 is 12.0 Å². The SMILES string of the molecule is CCOC(=O)C1=C(c2ccccc2)N=C2SC=C(CC(=O)NCCN3CCOCC3)N2[C@H]1c1ccccc1Cl. The van der Waals surface area contributed by atoms with Crippen LogP contribution in [0.2, 0.25) is 5.02 Å². The first kappa shape index (κ1) is 27.5. The number of thioether (sulfide) groups is 1. The fourth-order valence-electron chi connectivity index (χ4n) is 4.88. The third-order valence-corrected chi connectivity index (χ3v) is 7.98. The third kappa shape index (κ3) is 6.22. The molecule has 0 spiro atoms. The van der Waals surface area contributed by atoms with Crippen molar-refractivity contribution in [2.45, 2.75) is 19.4 Å². The quantitative estimate of drug-likeness (QED) is 0.449. The van der Waals surface area contributed by atoms with Gasteiger partial charge in [0.25, 0.3) is 0 Å². The molecule has 2 aromatic carbocycles. The highest BCUT2D eigenvalue weighted by Crippen LogP contribution is 2.48. The van der Waals surface area contributed by atoms with Gasteiger partial charge in [-0.05, 0) is 24.0 Å². The summed E-state index contributed by atoms with van der Waals surface area (Å²) in [5.41, 5.74) is 3.23. The van der Waals surface area contributed by atoms with Gasteiger partial charge in [0, 0.05) is 42.5 Å². The highest BCUT2D eigenvalue weighted by molar-refractivity contribution is 8.16. The molecule has 2 aromatic rings. The molecule has 1 N–H and O–H groups in total. The number of morpholine rings is 1. The number of rotatable bonds is 9. The van der Waals surface area contributed by atoms with Gasteiger partial charge in [0.1, 0.15) is 0 Å². The van der Waals surface area contributed by atoms with E-state index >= 15 is 0 Å². The van der Waals surface area contributed by atoms with Crippen molar-refractivity contribution in [1.82, 2.24) is 15.1 Å². The minimum atomic E-state index is -0.608. The Morgan fingerprint density at radius 3 is 2.62 bits per heavy atom. The van der Waals surface area contributed by atoms with Crippen LogP contribution in [0, 0.1) is 0 Å². The molecule has 1 amide bonds. The number of ether oxygens (including phenoxy) is 2. The minimum Gasteiger partial charge on any atom is -0.463 e. The van der Waals surface area contributed by atoms with Crippen molar-refractivity contribution in [3.8, 4) is 0 Å². The minimum absolute atomic E-state index is 0.0928. The van der Waals surface area contributed by atoms with Crippen LogP contribution in [0.15, 0.2) is 76.3 Å². The number of hydrogen-bond acceptors (Lipinski definition) is 8. The molecule has 0 bridgehead atoms. The molecule has 5 rings (SSSR count). The molecule has 10 heteroatoms. The second-order valence-electron chi connectivity index (χ2n) is 9.24. The lowest BCUT2D eigenvalue weighted by Crippen LogP contribution is -2.42. The van der Waals surface area contributed by atoms with Crippen molar-refractivity contribution in [2.24, 2.45) is 4.99 Å². The molecule has 1 saturated heterocycles. The summed E-state index contributed by atoms with van der Waals surface area (Å²) in [5, 5.41) is 6.17. The first-order valence-electron chi connectivity index (χ1n) is 13.1. The summed E-state index contributed by atoms with van der Waals surface area (Å²) in [6, 6.07) is 16.4. The number of carbonyl (C=O) groups excluding carboxylic acids is 2. The molecular weight excluding hydrogens is 536 g/mol. The smallest absolute Gasteiger partial charge is 0.338 e. The van der Waals surface area contributed by atoms with E-state index in [9.17, 15) is 9.59 Å². The molecule has 3 heterocycles. The Balaban J connectivity index is 1.46. The van der Waals surface area contributed by atoms with Crippen LogP contribution in [0.1, 0.15) is 30.5 Å². The summed E-state index contributed by atoms with van der Waals surface area (Å²) >= 11 is 8.16. The lowest BCUT2D eigenvalue weighted by atomic mass is 9.91. The summed E-state index contributed by atoms with van der Waals surface area (Å²) in [5.74, 6) is -0.555. The summed E-state index contributed by atoms with van der Waals surface area (Å²) < 4.78 is 10.9. The van der Waals surface area contributed by atoms with Gasteiger partial charge >= 0.3 is 5.97 Å². The number of halogens is 1. The van der Waals surface area contributed by atoms with Gasteiger partial charge in [-0.1, -0.05) is 71.9 Å². The molecule has 1 fully saturated rings. The van der Waals surface area contributed by atoms with Gasteiger partial charge in [0.15, 0.2) is 5.17 Å². The van der Waals surface area contributed by atoms with Crippen molar-refractivity contribution >= 4 is 46.1 Å². The van der Waals surface area contributed by atoms with Crippen molar-refractivity contribution in [3.63, 3.8) is 0 Å². The Morgan fingerprint density at radius 2 is 1.87 bits per heavy atom. The van der Waals surface area contributed by atoms with Crippen LogP contribution in [-0.4, -0.2) is 72.8 Å². The lowest BCUT2D eigenvalue weighted by Gasteiger charge is -2.37. The van der Waals surface area contributed by atoms with Gasteiger partial charge in [0.2, 0.25) is 5.91 Å². The van der Waals surface area contributed by atoms with Crippen LogP contribution >= 0.6 is 23.4 Å². The van der Waals surface area contributed by atoms with Gasteiger partial charge in [-0.25, -0.2) is 9.79 Å². The van der Waals surface area contributed by atoms with Crippen LogP contribution in [0.25, 0.3) is 5.70 Å². The standard InChI is InChI=1S/C29H31ClN4O4S/c1-2-38-28(36)25-26(20-8-4-3-5-9-20)32-29-34(27(25)22-10-6-7-11-23(22)30)21(19-39-29)18-24(35)31-12-13-33-14-16-37-17-15-33/h3-11,19,27H,2,12-18H2,1H3,(H,31,35)/t27-/m0/s1. The first-order valence-corrected chi connectivity index (χ1v) is 14.3. The van der Waals surface area contributed by atoms with Crippen LogP contribution in [0.3, 0.4) is 0 Å². The Bertz CT molecular complexity index is 1310. The maximum atomic E-state index is 13.5. The van der Waals surface area contributed by atoms with Crippen LogP contribution in [0.4, 0.5) is 0 Å². The van der Waals surface area contributed by atoms with Crippen LogP contribution < -0.4 is 5.32 Å². The van der Waals surface area contributed by atoms with E-state index in [2.05, 4.69) is 10.2 Å². The van der Waals surface area contributed by atoms with Crippen LogP contribution in [-0.2, 0) is 19.1 Å². The topological polar surface area (TPSA) is 83.5 Å². The monoisotopic (exact) mass is 566 g/mol. The van der Waals surface area contributed by atoms with Crippen molar-refractivity contribution in [2.75, 3.05) is 46.0 Å². The maximum absolute atomic E-state index is 13.5. The van der Waals surface area contributed by atoms with Gasteiger partial charge in [-0.2, -0.15) is 0 Å². The molecule has 0 aromatic heterocycles. The maximum Gasteiger partial charge on any atom is 0.338 e. The summed E-state index contributed by atoms with van der Waals surface area (Å²) in [6.07, 6.45) is 0.146. The predicted molar refractivity (Wildman–Crippen MR) is 154 cm³/mol. The average Bonchev–Trinajstić information content (AvgIpc) is 3.35. The summed E-state index contributed by atoms with van der Waals surface area (Å²) in [7, 11) is 0. The number of hydrogen-bond donors (Lipinski definition) is 1. The van der Waals surface area contributed by atoms with Gasteiger partial charge in [0.05, 0.1) is 43.6 Å².